The summed E-state index contributed by atoms with van der Waals surface area (Å²) < 4.78 is 56.7. The number of carbonyl (C=O) groups excluding carboxylic acids is 1. The Morgan fingerprint density at radius 2 is 1.95 bits per heavy atom. The number of hydrogen-bond acceptors (Lipinski definition) is 8. The second-order valence-electron chi connectivity index (χ2n) is 10.3. The maximum absolute atomic E-state index is 14.5. The van der Waals surface area contributed by atoms with E-state index >= 15 is 0 Å². The number of rotatable bonds is 8. The molecule has 5 heterocycles. The lowest BCUT2D eigenvalue weighted by Gasteiger charge is -2.30. The number of ether oxygens (including phenoxy) is 2. The first-order valence-electron chi connectivity index (χ1n) is 13.8. The van der Waals surface area contributed by atoms with Gasteiger partial charge in [-0.2, -0.15) is 8.42 Å². The molecule has 0 bridgehead atoms. The molecule has 42 heavy (non-hydrogen) atoms. The van der Waals surface area contributed by atoms with Gasteiger partial charge in [-0.3, -0.25) is 9.20 Å². The summed E-state index contributed by atoms with van der Waals surface area (Å²) >= 11 is 0. The number of fused-ring (bicyclic) bond motifs is 1. The lowest BCUT2D eigenvalue weighted by atomic mass is 10.0. The van der Waals surface area contributed by atoms with E-state index < -0.39 is 16.1 Å². The molecule has 1 amide bonds. The third-order valence-corrected chi connectivity index (χ3v) is 9.01. The molecule has 2 aliphatic heterocycles. The number of carbonyl (C=O) groups is 1. The van der Waals surface area contributed by atoms with E-state index in [0.717, 1.165) is 41.2 Å². The molecule has 0 unspecified atom stereocenters. The van der Waals surface area contributed by atoms with Crippen LogP contribution in [0, 0.1) is 5.82 Å². The number of nitrogens with one attached hydrogen (secondary N) is 1. The molecule has 0 radical (unpaired) electrons. The maximum atomic E-state index is 14.5. The van der Waals surface area contributed by atoms with Gasteiger partial charge in [0.1, 0.15) is 34.8 Å². The van der Waals surface area contributed by atoms with Gasteiger partial charge in [0.05, 0.1) is 31.1 Å². The number of anilines is 2. The van der Waals surface area contributed by atoms with E-state index in [1.807, 2.05) is 6.07 Å². The number of pyridine rings is 2. The molecule has 2 fully saturated rings. The van der Waals surface area contributed by atoms with Crippen LogP contribution in [0.1, 0.15) is 47.8 Å². The van der Waals surface area contributed by atoms with Gasteiger partial charge >= 0.3 is 10.2 Å². The van der Waals surface area contributed by atoms with Crippen molar-refractivity contribution in [2.45, 2.75) is 37.8 Å². The number of benzene rings is 1. The Kier molecular flexibility index (Phi) is 7.69. The fraction of sp³-hybridized carbons (Fsp3) is 0.345. The summed E-state index contributed by atoms with van der Waals surface area (Å²) in [5, 5.41) is 0. The van der Waals surface area contributed by atoms with Gasteiger partial charge in [0, 0.05) is 44.4 Å². The largest absolute Gasteiger partial charge is 0.490 e. The monoisotopic (exact) mass is 594 g/mol. The summed E-state index contributed by atoms with van der Waals surface area (Å²) in [6, 6.07) is 13.0. The molecule has 1 atom stereocenters. The van der Waals surface area contributed by atoms with Gasteiger partial charge in [0.15, 0.2) is 0 Å². The fourth-order valence-electron chi connectivity index (χ4n) is 5.47. The Morgan fingerprint density at radius 1 is 1.12 bits per heavy atom. The molecular weight excluding hydrogens is 563 g/mol. The van der Waals surface area contributed by atoms with E-state index in [1.54, 1.807) is 34.9 Å². The number of hydrogen-bond donors (Lipinski definition) is 1. The van der Waals surface area contributed by atoms with Crippen LogP contribution in [0.15, 0.2) is 67.1 Å². The summed E-state index contributed by atoms with van der Waals surface area (Å²) in [6.45, 7) is 1.99. The highest BCUT2D eigenvalue weighted by Crippen LogP contribution is 2.41. The van der Waals surface area contributed by atoms with Gasteiger partial charge in [-0.25, -0.2) is 23.4 Å². The Balaban J connectivity index is 1.27. The van der Waals surface area contributed by atoms with E-state index in [9.17, 15) is 17.6 Å². The number of nitrogens with zero attached hydrogens (tertiary/aromatic N) is 5. The molecule has 0 spiro atoms. The third kappa shape index (κ3) is 5.61. The van der Waals surface area contributed by atoms with Crippen molar-refractivity contribution >= 4 is 33.3 Å². The summed E-state index contributed by atoms with van der Waals surface area (Å²) in [4.78, 5) is 23.7. The average molecular weight is 595 g/mol. The number of aromatic nitrogens is 3. The molecule has 220 valence electrons. The fourth-order valence-corrected chi connectivity index (χ4v) is 6.30. The van der Waals surface area contributed by atoms with Crippen LogP contribution in [0.3, 0.4) is 0 Å². The van der Waals surface area contributed by atoms with E-state index in [2.05, 4.69) is 19.6 Å². The van der Waals surface area contributed by atoms with Crippen LogP contribution in [0.4, 0.5) is 15.9 Å². The molecule has 1 aromatic carbocycles. The first-order valence-corrected chi connectivity index (χ1v) is 15.2. The SMILES string of the molecule is CN(c1ccccn1)S(=O)(=O)NC(=O)c1cnc2ccc(N3CCC[C@@H]3c3cc(F)ccc3OC3CCOCC3)cn12. The minimum Gasteiger partial charge on any atom is -0.490 e. The van der Waals surface area contributed by atoms with Crippen molar-refractivity contribution in [3.63, 3.8) is 0 Å². The average Bonchev–Trinajstić information content (AvgIpc) is 3.66. The zero-order chi connectivity index (χ0) is 29.3. The van der Waals surface area contributed by atoms with Crippen LogP contribution in [0.5, 0.6) is 5.75 Å². The standard InChI is InChI=1S/C29H31FN6O5S/c1-34(27-6-2-3-13-31-27)42(38,39)33-29(37)25-18-32-28-10-8-21(19-36(25)28)35-14-4-5-24(35)23-17-20(30)7-9-26(23)41-22-11-15-40-16-12-22/h2-3,6-10,13,17-19,22,24H,4-5,11-12,14-16H2,1H3,(H,33,37)/t24-/m1/s1. The Bertz CT molecular complexity index is 1690. The van der Waals surface area contributed by atoms with Gasteiger partial charge in [-0.1, -0.05) is 6.07 Å². The normalized spacial score (nSPS) is 17.9. The first-order chi connectivity index (χ1) is 20.3. The minimum absolute atomic E-state index is 0.00850. The predicted octanol–water partition coefficient (Wildman–Crippen LogP) is 3.88. The Labute approximate surface area is 243 Å². The molecule has 2 saturated heterocycles. The molecule has 2 aliphatic rings. The van der Waals surface area contributed by atoms with Gasteiger partial charge in [-0.05, 0) is 55.3 Å². The molecule has 6 rings (SSSR count). The maximum Gasteiger partial charge on any atom is 0.327 e. The quantitative estimate of drug-likeness (QED) is 0.327. The topological polar surface area (TPSA) is 118 Å². The summed E-state index contributed by atoms with van der Waals surface area (Å²) in [5.41, 5.74) is 2.08. The van der Waals surface area contributed by atoms with Gasteiger partial charge in [0.2, 0.25) is 0 Å². The zero-order valence-electron chi connectivity index (χ0n) is 23.0. The van der Waals surface area contributed by atoms with Crippen LogP contribution in [-0.2, 0) is 14.9 Å². The van der Waals surface area contributed by atoms with E-state index in [4.69, 9.17) is 9.47 Å². The molecule has 11 nitrogen and oxygen atoms in total. The van der Waals surface area contributed by atoms with Gasteiger partial charge in [-0.15, -0.1) is 0 Å². The van der Waals surface area contributed by atoms with Crippen molar-refractivity contribution in [1.82, 2.24) is 19.1 Å². The molecule has 0 saturated carbocycles. The molecule has 13 heteroatoms. The number of imidazole rings is 1. The van der Waals surface area contributed by atoms with Crippen molar-refractivity contribution < 1.29 is 27.1 Å². The highest BCUT2D eigenvalue weighted by molar-refractivity contribution is 7.91. The highest BCUT2D eigenvalue weighted by atomic mass is 32.2. The number of halogens is 1. The lowest BCUT2D eigenvalue weighted by Crippen LogP contribution is -2.42. The minimum atomic E-state index is -4.24. The zero-order valence-corrected chi connectivity index (χ0v) is 23.8. The van der Waals surface area contributed by atoms with E-state index in [0.29, 0.717) is 31.2 Å². The second kappa shape index (κ2) is 11.6. The first kappa shape index (κ1) is 27.9. The van der Waals surface area contributed by atoms with Crippen molar-refractivity contribution in [2.24, 2.45) is 0 Å². The number of amides is 1. The summed E-state index contributed by atoms with van der Waals surface area (Å²) in [5.74, 6) is -0.350. The Hall–Kier alpha value is -4.23. The summed E-state index contributed by atoms with van der Waals surface area (Å²) in [7, 11) is -2.93. The molecule has 4 aromatic rings. The van der Waals surface area contributed by atoms with Crippen LogP contribution in [0.25, 0.3) is 5.65 Å². The molecular formula is C29H31FN6O5S. The van der Waals surface area contributed by atoms with Crippen molar-refractivity contribution in [3.05, 3.63) is 84.2 Å². The van der Waals surface area contributed by atoms with Crippen molar-refractivity contribution in [2.75, 3.05) is 36.0 Å². The molecule has 3 aromatic heterocycles. The highest BCUT2D eigenvalue weighted by Gasteiger charge is 2.31. The van der Waals surface area contributed by atoms with Crippen molar-refractivity contribution in [1.29, 1.82) is 0 Å². The van der Waals surface area contributed by atoms with Gasteiger partial charge in [0.25, 0.3) is 5.91 Å². The van der Waals surface area contributed by atoms with Crippen LogP contribution in [0.2, 0.25) is 0 Å². The van der Waals surface area contributed by atoms with Crippen LogP contribution < -0.4 is 18.7 Å². The Morgan fingerprint density at radius 3 is 2.74 bits per heavy atom. The van der Waals surface area contributed by atoms with Crippen LogP contribution >= 0.6 is 0 Å². The third-order valence-electron chi connectivity index (χ3n) is 7.65. The smallest absolute Gasteiger partial charge is 0.327 e. The summed E-state index contributed by atoms with van der Waals surface area (Å²) in [6.07, 6.45) is 7.79. The molecule has 0 aliphatic carbocycles. The van der Waals surface area contributed by atoms with E-state index in [1.165, 1.54) is 37.6 Å². The van der Waals surface area contributed by atoms with E-state index in [-0.39, 0.29) is 29.5 Å². The van der Waals surface area contributed by atoms with Crippen LogP contribution in [-0.4, -0.2) is 61.6 Å². The second-order valence-corrected chi connectivity index (χ2v) is 12.0. The van der Waals surface area contributed by atoms with Gasteiger partial charge < -0.3 is 14.4 Å². The van der Waals surface area contributed by atoms with Crippen molar-refractivity contribution in [3.8, 4) is 5.75 Å². The lowest BCUT2D eigenvalue weighted by molar-refractivity contribution is 0.0250. The molecule has 1 N–H and O–H groups in total. The predicted molar refractivity (Wildman–Crippen MR) is 154 cm³/mol.